The van der Waals surface area contributed by atoms with Gasteiger partial charge in [0, 0.05) is 12.8 Å². The number of hydrogen-bond donors (Lipinski definition) is 2. The number of hydroxylamine groups is 2. The number of amides is 4. The molecule has 1 unspecified atom stereocenters. The standard InChI is InChI=1S/C11H15N3O8/c1-20-10(18)12-5-6(13-11(19)21-2)9(17)22-14-7(15)3-4-8(14)16/h6H,3-5H2,1-2H3,(H,12,18)(H,13,19). The summed E-state index contributed by atoms with van der Waals surface area (Å²) in [6, 6.07) is -1.38. The monoisotopic (exact) mass is 317 g/mol. The molecular weight excluding hydrogens is 302 g/mol. The first kappa shape index (κ1) is 17.2. The first-order valence-corrected chi connectivity index (χ1v) is 6.13. The molecule has 1 atom stereocenters. The predicted octanol–water partition coefficient (Wildman–Crippen LogP) is -1.33. The highest BCUT2D eigenvalue weighted by molar-refractivity contribution is 6.01. The van der Waals surface area contributed by atoms with E-state index >= 15 is 0 Å². The van der Waals surface area contributed by atoms with E-state index in [4.69, 9.17) is 0 Å². The molecule has 1 heterocycles. The summed E-state index contributed by atoms with van der Waals surface area (Å²) in [4.78, 5) is 61.4. The van der Waals surface area contributed by atoms with Gasteiger partial charge in [-0.1, -0.05) is 0 Å². The molecule has 0 aliphatic carbocycles. The minimum Gasteiger partial charge on any atom is -0.453 e. The van der Waals surface area contributed by atoms with Crippen LogP contribution in [0.3, 0.4) is 0 Å². The van der Waals surface area contributed by atoms with Crippen LogP contribution in [0, 0.1) is 0 Å². The van der Waals surface area contributed by atoms with Crippen LogP contribution in [-0.2, 0) is 28.7 Å². The molecule has 0 bridgehead atoms. The first-order chi connectivity index (χ1) is 10.4. The SMILES string of the molecule is COC(=O)NCC(NC(=O)OC)C(=O)ON1C(=O)CCC1=O. The molecule has 11 nitrogen and oxygen atoms in total. The molecule has 0 radical (unpaired) electrons. The van der Waals surface area contributed by atoms with Crippen molar-refractivity contribution < 1.29 is 38.3 Å². The van der Waals surface area contributed by atoms with Crippen LogP contribution >= 0.6 is 0 Å². The Kier molecular flexibility index (Phi) is 6.10. The van der Waals surface area contributed by atoms with E-state index in [1.807, 2.05) is 0 Å². The Morgan fingerprint density at radius 1 is 1.09 bits per heavy atom. The van der Waals surface area contributed by atoms with Gasteiger partial charge in [0.25, 0.3) is 11.8 Å². The Balaban J connectivity index is 2.69. The summed E-state index contributed by atoms with van der Waals surface area (Å²) in [5.41, 5.74) is 0. The second-order valence-corrected chi connectivity index (χ2v) is 4.05. The van der Waals surface area contributed by atoms with Crippen LogP contribution in [0.1, 0.15) is 12.8 Å². The third-order valence-corrected chi connectivity index (χ3v) is 2.58. The average Bonchev–Trinajstić information content (AvgIpc) is 2.82. The predicted molar refractivity (Wildman–Crippen MR) is 66.9 cm³/mol. The van der Waals surface area contributed by atoms with E-state index in [-0.39, 0.29) is 12.8 Å². The van der Waals surface area contributed by atoms with Gasteiger partial charge in [-0.25, -0.2) is 14.4 Å². The van der Waals surface area contributed by atoms with E-state index in [0.717, 1.165) is 14.2 Å². The van der Waals surface area contributed by atoms with Crippen molar-refractivity contribution in [2.24, 2.45) is 0 Å². The lowest BCUT2D eigenvalue weighted by molar-refractivity contribution is -0.198. The van der Waals surface area contributed by atoms with Gasteiger partial charge in [0.15, 0.2) is 0 Å². The fourth-order valence-corrected chi connectivity index (χ4v) is 1.46. The maximum absolute atomic E-state index is 11.9. The summed E-state index contributed by atoms with van der Waals surface area (Å²) in [6.45, 7) is -0.392. The second-order valence-electron chi connectivity index (χ2n) is 4.05. The number of rotatable bonds is 5. The molecule has 0 aromatic rings. The quantitative estimate of drug-likeness (QED) is 0.594. The number of carbonyl (C=O) groups excluding carboxylic acids is 5. The molecule has 1 rings (SSSR count). The molecule has 1 aliphatic heterocycles. The Morgan fingerprint density at radius 3 is 2.14 bits per heavy atom. The summed E-state index contributed by atoms with van der Waals surface area (Å²) in [5, 5.41) is 4.59. The maximum Gasteiger partial charge on any atom is 0.407 e. The van der Waals surface area contributed by atoms with Crippen molar-refractivity contribution in [1.82, 2.24) is 15.7 Å². The number of nitrogens with one attached hydrogen (secondary N) is 2. The highest BCUT2D eigenvalue weighted by atomic mass is 16.7. The third kappa shape index (κ3) is 4.61. The molecule has 4 amide bonds. The number of imide groups is 1. The lowest BCUT2D eigenvalue weighted by Gasteiger charge is -2.19. The number of alkyl carbamates (subject to hydrolysis) is 2. The molecule has 11 heteroatoms. The van der Waals surface area contributed by atoms with Gasteiger partial charge in [0.1, 0.15) is 6.04 Å². The molecule has 0 spiro atoms. The average molecular weight is 317 g/mol. The fraction of sp³-hybridized carbons (Fsp3) is 0.545. The summed E-state index contributed by atoms with van der Waals surface area (Å²) >= 11 is 0. The van der Waals surface area contributed by atoms with Crippen molar-refractivity contribution in [2.45, 2.75) is 18.9 Å². The zero-order valence-electron chi connectivity index (χ0n) is 11.9. The molecule has 1 saturated heterocycles. The molecule has 122 valence electrons. The molecule has 2 N–H and O–H groups in total. The summed E-state index contributed by atoms with van der Waals surface area (Å²) in [7, 11) is 2.18. The summed E-state index contributed by atoms with van der Waals surface area (Å²) in [6.07, 6.45) is -1.95. The second kappa shape index (κ2) is 7.81. The zero-order chi connectivity index (χ0) is 16.7. The van der Waals surface area contributed by atoms with Crippen molar-refractivity contribution in [3.63, 3.8) is 0 Å². The molecule has 0 saturated carbocycles. The van der Waals surface area contributed by atoms with Crippen LogP contribution in [0.15, 0.2) is 0 Å². The van der Waals surface area contributed by atoms with E-state index in [1.54, 1.807) is 0 Å². The van der Waals surface area contributed by atoms with Crippen molar-refractivity contribution in [3.05, 3.63) is 0 Å². The summed E-state index contributed by atoms with van der Waals surface area (Å²) in [5.74, 6) is -2.46. The van der Waals surface area contributed by atoms with E-state index in [1.165, 1.54) is 0 Å². The Labute approximate surface area is 124 Å². The number of ether oxygens (including phenoxy) is 2. The van der Waals surface area contributed by atoms with Gasteiger partial charge in [0.2, 0.25) is 0 Å². The minimum absolute atomic E-state index is 0.0678. The highest BCUT2D eigenvalue weighted by Crippen LogP contribution is 2.12. The van der Waals surface area contributed by atoms with E-state index in [9.17, 15) is 24.0 Å². The normalized spacial score (nSPS) is 15.1. The zero-order valence-corrected chi connectivity index (χ0v) is 11.9. The van der Waals surface area contributed by atoms with Gasteiger partial charge in [-0.05, 0) is 0 Å². The van der Waals surface area contributed by atoms with Crippen LogP contribution in [0.25, 0.3) is 0 Å². The van der Waals surface area contributed by atoms with Crippen LogP contribution < -0.4 is 10.6 Å². The van der Waals surface area contributed by atoms with Gasteiger partial charge in [-0.3, -0.25) is 9.59 Å². The smallest absolute Gasteiger partial charge is 0.407 e. The number of nitrogens with zero attached hydrogens (tertiary/aromatic N) is 1. The van der Waals surface area contributed by atoms with Gasteiger partial charge in [-0.2, -0.15) is 0 Å². The Morgan fingerprint density at radius 2 is 1.64 bits per heavy atom. The summed E-state index contributed by atoms with van der Waals surface area (Å²) < 4.78 is 8.64. The number of methoxy groups -OCH3 is 2. The molecule has 22 heavy (non-hydrogen) atoms. The molecule has 1 fully saturated rings. The highest BCUT2D eigenvalue weighted by Gasteiger charge is 2.35. The van der Waals surface area contributed by atoms with Gasteiger partial charge in [0.05, 0.1) is 20.8 Å². The van der Waals surface area contributed by atoms with E-state index < -0.39 is 42.6 Å². The van der Waals surface area contributed by atoms with Gasteiger partial charge >= 0.3 is 18.2 Å². The van der Waals surface area contributed by atoms with Crippen molar-refractivity contribution >= 4 is 30.0 Å². The molecule has 0 aromatic heterocycles. The topological polar surface area (TPSA) is 140 Å². The Hall–Kier alpha value is -2.85. The minimum atomic E-state index is -1.38. The lowest BCUT2D eigenvalue weighted by Crippen LogP contribution is -2.51. The molecule has 1 aliphatic rings. The molecule has 0 aromatic carbocycles. The van der Waals surface area contributed by atoms with Crippen molar-refractivity contribution in [2.75, 3.05) is 20.8 Å². The van der Waals surface area contributed by atoms with Crippen molar-refractivity contribution in [1.29, 1.82) is 0 Å². The Bertz CT molecular complexity index is 476. The van der Waals surface area contributed by atoms with E-state index in [2.05, 4.69) is 24.9 Å². The largest absolute Gasteiger partial charge is 0.453 e. The van der Waals surface area contributed by atoms with Crippen molar-refractivity contribution in [3.8, 4) is 0 Å². The van der Waals surface area contributed by atoms with Crippen LogP contribution in [0.5, 0.6) is 0 Å². The number of carbonyl (C=O) groups is 5. The third-order valence-electron chi connectivity index (χ3n) is 2.58. The first-order valence-electron chi connectivity index (χ1n) is 6.13. The lowest BCUT2D eigenvalue weighted by atomic mass is 10.3. The maximum atomic E-state index is 11.9. The van der Waals surface area contributed by atoms with E-state index in [0.29, 0.717) is 5.06 Å². The fourth-order valence-electron chi connectivity index (χ4n) is 1.46. The van der Waals surface area contributed by atoms with Gasteiger partial charge < -0.3 is 24.9 Å². The van der Waals surface area contributed by atoms with Crippen LogP contribution in [-0.4, -0.2) is 61.8 Å². The van der Waals surface area contributed by atoms with Crippen LogP contribution in [0.2, 0.25) is 0 Å². The van der Waals surface area contributed by atoms with Crippen LogP contribution in [0.4, 0.5) is 9.59 Å². The molecular formula is C11H15N3O8. The number of hydrogen-bond acceptors (Lipinski definition) is 8. The van der Waals surface area contributed by atoms with Gasteiger partial charge in [-0.15, -0.1) is 5.06 Å².